The average Bonchev–Trinajstić information content (AvgIpc) is 3.13. The topological polar surface area (TPSA) is 71.7 Å². The first-order valence-electron chi connectivity index (χ1n) is 10.2. The van der Waals surface area contributed by atoms with E-state index >= 15 is 0 Å². The van der Waals surface area contributed by atoms with E-state index < -0.39 is 11.7 Å². The van der Waals surface area contributed by atoms with E-state index in [9.17, 15) is 18.0 Å². The zero-order chi connectivity index (χ0) is 21.5. The zero-order valence-electron chi connectivity index (χ0n) is 17.0. The molecule has 0 aliphatic carbocycles. The second-order valence-corrected chi connectivity index (χ2v) is 7.96. The minimum absolute atomic E-state index is 0.0561. The molecule has 2 aliphatic heterocycles. The number of hydrogen-bond donors (Lipinski definition) is 0. The molecule has 2 saturated heterocycles. The van der Waals surface area contributed by atoms with Gasteiger partial charge in [-0.2, -0.15) is 13.2 Å². The van der Waals surface area contributed by atoms with Crippen LogP contribution in [-0.2, 0) is 15.7 Å². The molecule has 0 spiro atoms. The lowest BCUT2D eigenvalue weighted by atomic mass is 9.91. The van der Waals surface area contributed by atoms with Gasteiger partial charge in [0.25, 0.3) is 5.71 Å². The number of carbonyl (C=O) groups excluding carboxylic acids is 1. The number of nitrogens with zero attached hydrogens (tertiary/aromatic N) is 4. The first-order chi connectivity index (χ1) is 14.3. The van der Waals surface area contributed by atoms with Crippen LogP contribution in [0.3, 0.4) is 0 Å². The summed E-state index contributed by atoms with van der Waals surface area (Å²) >= 11 is 0. The standard InChI is InChI=1S/C20H25F3N4O3/c1-12-17-15(20(21,22)23)11-16(24-18(17)30-25-12)14-3-5-27(6-4-14)19(28)13(2)26-7-9-29-10-8-26/h11,13-14H,3-10H2,1-2H3. The van der Waals surface area contributed by atoms with Gasteiger partial charge in [-0.15, -0.1) is 0 Å². The summed E-state index contributed by atoms with van der Waals surface area (Å²) in [6.45, 7) is 7.06. The van der Waals surface area contributed by atoms with E-state index in [1.165, 1.54) is 6.92 Å². The third kappa shape index (κ3) is 4.02. The Bertz CT molecular complexity index is 916. The number of piperidine rings is 1. The summed E-state index contributed by atoms with van der Waals surface area (Å²) in [5.74, 6) is -0.107. The fraction of sp³-hybridized carbons (Fsp3) is 0.650. The molecule has 30 heavy (non-hydrogen) atoms. The molecule has 2 aromatic heterocycles. The number of amides is 1. The number of alkyl halides is 3. The number of ether oxygens (including phenoxy) is 1. The Labute approximate surface area is 172 Å². The lowest BCUT2D eigenvalue weighted by Crippen LogP contribution is -2.52. The van der Waals surface area contributed by atoms with E-state index in [-0.39, 0.29) is 34.7 Å². The third-order valence-electron chi connectivity index (χ3n) is 6.12. The van der Waals surface area contributed by atoms with Crippen LogP contribution < -0.4 is 0 Å². The number of pyridine rings is 1. The molecular formula is C20H25F3N4O3. The van der Waals surface area contributed by atoms with Gasteiger partial charge in [-0.1, -0.05) is 5.16 Å². The first kappa shape index (κ1) is 21.0. The second kappa shape index (κ2) is 8.14. The normalized spacial score (nSPS) is 20.6. The van der Waals surface area contributed by atoms with Crippen molar-refractivity contribution in [2.45, 2.75) is 44.8 Å². The van der Waals surface area contributed by atoms with Crippen LogP contribution in [-0.4, -0.2) is 71.3 Å². The van der Waals surface area contributed by atoms with E-state index in [0.717, 1.165) is 19.2 Å². The summed E-state index contributed by atoms with van der Waals surface area (Å²) in [4.78, 5) is 21.1. The quantitative estimate of drug-likeness (QED) is 0.752. The Morgan fingerprint density at radius 1 is 1.20 bits per heavy atom. The van der Waals surface area contributed by atoms with Crippen molar-refractivity contribution in [2.75, 3.05) is 39.4 Å². The average molecular weight is 426 g/mol. The number of aryl methyl sites for hydroxylation is 1. The largest absolute Gasteiger partial charge is 0.417 e. The predicted octanol–water partition coefficient (Wildman–Crippen LogP) is 2.98. The van der Waals surface area contributed by atoms with Crippen LogP contribution in [0.4, 0.5) is 13.2 Å². The predicted molar refractivity (Wildman–Crippen MR) is 102 cm³/mol. The zero-order valence-corrected chi connectivity index (χ0v) is 17.0. The summed E-state index contributed by atoms with van der Waals surface area (Å²) in [5, 5.41) is 3.57. The first-order valence-corrected chi connectivity index (χ1v) is 10.2. The number of rotatable bonds is 3. The number of halogens is 3. The van der Waals surface area contributed by atoms with E-state index in [2.05, 4.69) is 15.0 Å². The molecule has 4 rings (SSSR count). The van der Waals surface area contributed by atoms with Crippen LogP contribution in [0, 0.1) is 6.92 Å². The Morgan fingerprint density at radius 2 is 1.87 bits per heavy atom. The third-order valence-corrected chi connectivity index (χ3v) is 6.12. The Balaban J connectivity index is 1.47. The monoisotopic (exact) mass is 426 g/mol. The minimum Gasteiger partial charge on any atom is -0.379 e. The van der Waals surface area contributed by atoms with Gasteiger partial charge >= 0.3 is 6.18 Å². The fourth-order valence-electron chi connectivity index (χ4n) is 4.33. The summed E-state index contributed by atoms with van der Waals surface area (Å²) in [5.41, 5.74) is -0.328. The molecule has 1 amide bonds. The molecule has 1 atom stereocenters. The van der Waals surface area contributed by atoms with Gasteiger partial charge in [0.15, 0.2) is 0 Å². The Kier molecular flexibility index (Phi) is 5.71. The molecule has 0 saturated carbocycles. The molecule has 2 fully saturated rings. The fourth-order valence-corrected chi connectivity index (χ4v) is 4.33. The molecular weight excluding hydrogens is 401 g/mol. The highest BCUT2D eigenvalue weighted by Crippen LogP contribution is 2.38. The maximum Gasteiger partial charge on any atom is 0.417 e. The van der Waals surface area contributed by atoms with Crippen molar-refractivity contribution in [3.8, 4) is 0 Å². The van der Waals surface area contributed by atoms with E-state index in [0.29, 0.717) is 44.8 Å². The molecule has 4 heterocycles. The molecule has 1 unspecified atom stereocenters. The highest BCUT2D eigenvalue weighted by Gasteiger charge is 2.37. The number of hydrogen-bond acceptors (Lipinski definition) is 6. The lowest BCUT2D eigenvalue weighted by molar-refractivity contribution is -0.139. The number of carbonyl (C=O) groups is 1. The molecule has 0 radical (unpaired) electrons. The van der Waals surface area contributed by atoms with E-state index in [1.807, 2.05) is 6.92 Å². The van der Waals surface area contributed by atoms with Gasteiger partial charge < -0.3 is 14.2 Å². The summed E-state index contributed by atoms with van der Waals surface area (Å²) in [6, 6.07) is 0.888. The molecule has 0 aromatic carbocycles. The Morgan fingerprint density at radius 3 is 2.50 bits per heavy atom. The van der Waals surface area contributed by atoms with Crippen molar-refractivity contribution < 1.29 is 27.2 Å². The van der Waals surface area contributed by atoms with Crippen molar-refractivity contribution in [2.24, 2.45) is 0 Å². The van der Waals surface area contributed by atoms with Gasteiger partial charge in [-0.25, -0.2) is 4.98 Å². The van der Waals surface area contributed by atoms with Gasteiger partial charge in [0.1, 0.15) is 0 Å². The molecule has 164 valence electrons. The van der Waals surface area contributed by atoms with Gasteiger partial charge in [-0.3, -0.25) is 9.69 Å². The number of fused-ring (bicyclic) bond motifs is 1. The van der Waals surface area contributed by atoms with Gasteiger partial charge in [0.05, 0.1) is 35.9 Å². The van der Waals surface area contributed by atoms with Crippen LogP contribution >= 0.6 is 0 Å². The molecule has 7 nitrogen and oxygen atoms in total. The summed E-state index contributed by atoms with van der Waals surface area (Å²) in [7, 11) is 0. The molecule has 0 bridgehead atoms. The summed E-state index contributed by atoms with van der Waals surface area (Å²) in [6.07, 6.45) is -3.40. The van der Waals surface area contributed by atoms with Crippen LogP contribution in [0.5, 0.6) is 0 Å². The smallest absolute Gasteiger partial charge is 0.379 e. The highest BCUT2D eigenvalue weighted by molar-refractivity contribution is 5.82. The number of morpholine rings is 1. The molecule has 2 aromatic rings. The van der Waals surface area contributed by atoms with Gasteiger partial charge in [0, 0.05) is 37.8 Å². The Hall–Kier alpha value is -2.20. The van der Waals surface area contributed by atoms with Crippen LogP contribution in [0.2, 0.25) is 0 Å². The highest BCUT2D eigenvalue weighted by atomic mass is 19.4. The van der Waals surface area contributed by atoms with Gasteiger partial charge in [0.2, 0.25) is 5.91 Å². The van der Waals surface area contributed by atoms with E-state index in [1.54, 1.807) is 4.90 Å². The van der Waals surface area contributed by atoms with Crippen LogP contribution in [0.25, 0.3) is 11.1 Å². The van der Waals surface area contributed by atoms with Crippen LogP contribution in [0.1, 0.15) is 42.6 Å². The maximum absolute atomic E-state index is 13.6. The van der Waals surface area contributed by atoms with Crippen molar-refractivity contribution in [3.05, 3.63) is 23.0 Å². The van der Waals surface area contributed by atoms with E-state index in [4.69, 9.17) is 9.26 Å². The van der Waals surface area contributed by atoms with Crippen molar-refractivity contribution in [1.82, 2.24) is 19.9 Å². The molecule has 0 N–H and O–H groups in total. The van der Waals surface area contributed by atoms with Crippen LogP contribution in [0.15, 0.2) is 10.6 Å². The van der Waals surface area contributed by atoms with Gasteiger partial charge in [-0.05, 0) is 32.8 Å². The number of likely N-dealkylation sites (tertiary alicyclic amines) is 1. The lowest BCUT2D eigenvalue weighted by Gasteiger charge is -2.37. The number of aromatic nitrogens is 2. The van der Waals surface area contributed by atoms with Crippen molar-refractivity contribution in [3.63, 3.8) is 0 Å². The summed E-state index contributed by atoms with van der Waals surface area (Å²) < 4.78 is 51.1. The van der Waals surface area contributed by atoms with Crippen molar-refractivity contribution in [1.29, 1.82) is 0 Å². The molecule has 2 aliphatic rings. The SMILES string of the molecule is Cc1noc2nc(C3CCN(C(=O)C(C)N4CCOCC4)CC3)cc(C(F)(F)F)c12. The maximum atomic E-state index is 13.6. The minimum atomic E-state index is -4.52. The second-order valence-electron chi connectivity index (χ2n) is 7.96. The van der Waals surface area contributed by atoms with Crippen molar-refractivity contribution >= 4 is 17.0 Å². The molecule has 10 heteroatoms.